The number of hydrogen-bond donors (Lipinski definition) is 0. The lowest BCUT2D eigenvalue weighted by Gasteiger charge is -2.37. The Morgan fingerprint density at radius 3 is 2.55 bits per heavy atom. The zero-order valence-electron chi connectivity index (χ0n) is 18.6. The molecule has 4 rings (SSSR count). The number of ether oxygens (including phenoxy) is 1. The Labute approximate surface area is 198 Å². The van der Waals surface area contributed by atoms with E-state index in [2.05, 4.69) is 18.0 Å². The minimum Gasteiger partial charge on any atom is -0.491 e. The summed E-state index contributed by atoms with van der Waals surface area (Å²) in [7, 11) is 0. The van der Waals surface area contributed by atoms with Gasteiger partial charge >= 0.3 is 0 Å². The molecule has 2 heterocycles. The Morgan fingerprint density at radius 2 is 1.82 bits per heavy atom. The Hall–Kier alpha value is -3.38. The van der Waals surface area contributed by atoms with Gasteiger partial charge in [-0.2, -0.15) is 0 Å². The van der Waals surface area contributed by atoms with Crippen molar-refractivity contribution in [1.29, 1.82) is 0 Å². The zero-order chi connectivity index (χ0) is 23.0. The third kappa shape index (κ3) is 5.71. The summed E-state index contributed by atoms with van der Waals surface area (Å²) in [6.45, 7) is 5.12. The second kappa shape index (κ2) is 11.0. The monoisotopic (exact) mass is 460 g/mol. The number of rotatable bonds is 9. The highest BCUT2D eigenvalue weighted by Crippen LogP contribution is 2.34. The van der Waals surface area contributed by atoms with Gasteiger partial charge in [0.1, 0.15) is 18.9 Å². The van der Waals surface area contributed by atoms with Crippen LogP contribution in [0.25, 0.3) is 0 Å². The van der Waals surface area contributed by atoms with Crippen molar-refractivity contribution in [3.63, 3.8) is 0 Å². The highest BCUT2D eigenvalue weighted by Gasteiger charge is 2.33. The Kier molecular flexibility index (Phi) is 7.58. The number of benzene rings is 2. The van der Waals surface area contributed by atoms with E-state index in [9.17, 15) is 9.59 Å². The first-order chi connectivity index (χ1) is 16.2. The fraction of sp³-hybridized carbons (Fsp3) is 0.259. The summed E-state index contributed by atoms with van der Waals surface area (Å²) in [4.78, 5) is 31.1. The maximum absolute atomic E-state index is 13.4. The number of hydrogen-bond acceptors (Lipinski definition) is 4. The standard InChI is InChI=1S/C27H28N2O3S/c1-2-15-28(26(30)18-21-9-5-3-6-10-21)19-27(31)29-16-13-25-23(14-17-33-25)24(29)20-32-22-11-7-4-8-12-22/h2-12,14,17,24H,1,13,15-16,18-20H2/t24-/m1/s1. The van der Waals surface area contributed by atoms with E-state index in [1.54, 1.807) is 22.3 Å². The van der Waals surface area contributed by atoms with Gasteiger partial charge in [0.25, 0.3) is 0 Å². The molecule has 3 aromatic rings. The summed E-state index contributed by atoms with van der Waals surface area (Å²) in [5.74, 6) is 0.620. The molecule has 0 radical (unpaired) electrons. The molecule has 0 N–H and O–H groups in total. The van der Waals surface area contributed by atoms with Crippen LogP contribution in [-0.4, -0.2) is 47.9 Å². The van der Waals surface area contributed by atoms with Crippen LogP contribution in [0.15, 0.2) is 84.8 Å². The van der Waals surface area contributed by atoms with Crippen LogP contribution in [0.4, 0.5) is 0 Å². The fourth-order valence-electron chi connectivity index (χ4n) is 4.11. The molecule has 33 heavy (non-hydrogen) atoms. The van der Waals surface area contributed by atoms with Gasteiger partial charge in [0.05, 0.1) is 12.5 Å². The Bertz CT molecular complexity index is 1080. The maximum Gasteiger partial charge on any atom is 0.242 e. The summed E-state index contributed by atoms with van der Waals surface area (Å²) in [5, 5.41) is 2.07. The van der Waals surface area contributed by atoms with E-state index < -0.39 is 0 Å². The van der Waals surface area contributed by atoms with E-state index in [1.165, 1.54) is 4.88 Å². The molecular weight excluding hydrogens is 432 g/mol. The first-order valence-corrected chi connectivity index (χ1v) is 12.0. The third-order valence-electron chi connectivity index (χ3n) is 5.79. The van der Waals surface area contributed by atoms with Crippen molar-refractivity contribution in [1.82, 2.24) is 9.80 Å². The summed E-state index contributed by atoms with van der Waals surface area (Å²) in [6.07, 6.45) is 2.75. The molecule has 2 aromatic carbocycles. The van der Waals surface area contributed by atoms with Crippen molar-refractivity contribution in [2.75, 3.05) is 26.2 Å². The molecular formula is C27H28N2O3S. The van der Waals surface area contributed by atoms with Gasteiger partial charge in [-0.05, 0) is 41.1 Å². The minimum atomic E-state index is -0.178. The molecule has 1 atom stereocenters. The molecule has 6 heteroatoms. The normalized spacial score (nSPS) is 14.9. The second-order valence-electron chi connectivity index (χ2n) is 8.00. The predicted octanol–water partition coefficient (Wildman–Crippen LogP) is 4.51. The molecule has 0 unspecified atom stereocenters. The van der Waals surface area contributed by atoms with Crippen LogP contribution in [0.5, 0.6) is 5.75 Å². The number of carbonyl (C=O) groups is 2. The Morgan fingerprint density at radius 1 is 1.09 bits per heavy atom. The molecule has 0 bridgehead atoms. The third-order valence-corrected chi connectivity index (χ3v) is 6.79. The molecule has 0 saturated carbocycles. The average Bonchev–Trinajstić information content (AvgIpc) is 3.32. The van der Waals surface area contributed by atoms with Crippen molar-refractivity contribution in [3.8, 4) is 5.75 Å². The quantitative estimate of drug-likeness (QED) is 0.442. The number of para-hydroxylation sites is 1. The summed E-state index contributed by atoms with van der Waals surface area (Å²) >= 11 is 1.72. The molecule has 170 valence electrons. The number of fused-ring (bicyclic) bond motifs is 1. The van der Waals surface area contributed by atoms with Gasteiger partial charge in [-0.15, -0.1) is 17.9 Å². The molecule has 1 aromatic heterocycles. The molecule has 0 fully saturated rings. The van der Waals surface area contributed by atoms with Crippen LogP contribution in [-0.2, 0) is 22.4 Å². The molecule has 5 nitrogen and oxygen atoms in total. The lowest BCUT2D eigenvalue weighted by Crippen LogP contribution is -2.48. The fourth-order valence-corrected chi connectivity index (χ4v) is 5.04. The molecule has 1 aliphatic rings. The maximum atomic E-state index is 13.4. The lowest BCUT2D eigenvalue weighted by atomic mass is 10.0. The van der Waals surface area contributed by atoms with E-state index in [0.717, 1.165) is 23.3 Å². The molecule has 0 saturated heterocycles. The van der Waals surface area contributed by atoms with Crippen LogP contribution in [0.3, 0.4) is 0 Å². The average molecular weight is 461 g/mol. The van der Waals surface area contributed by atoms with Gasteiger partial charge in [-0.1, -0.05) is 54.6 Å². The second-order valence-corrected chi connectivity index (χ2v) is 9.00. The van der Waals surface area contributed by atoms with Crippen molar-refractivity contribution >= 4 is 23.2 Å². The van der Waals surface area contributed by atoms with E-state index in [-0.39, 0.29) is 30.8 Å². The number of amides is 2. The molecule has 0 spiro atoms. The number of thiophene rings is 1. The SMILES string of the molecule is C=CCN(CC(=O)N1CCc2sccc2[C@H]1COc1ccccc1)C(=O)Cc1ccccc1. The van der Waals surface area contributed by atoms with E-state index in [4.69, 9.17) is 4.74 Å². The van der Waals surface area contributed by atoms with Crippen molar-refractivity contribution in [2.24, 2.45) is 0 Å². The smallest absolute Gasteiger partial charge is 0.242 e. The van der Waals surface area contributed by atoms with Crippen molar-refractivity contribution < 1.29 is 14.3 Å². The topological polar surface area (TPSA) is 49.9 Å². The van der Waals surface area contributed by atoms with Gasteiger partial charge in [-0.3, -0.25) is 9.59 Å². The summed E-state index contributed by atoms with van der Waals surface area (Å²) < 4.78 is 6.05. The van der Waals surface area contributed by atoms with E-state index in [1.807, 2.05) is 65.6 Å². The van der Waals surface area contributed by atoms with Crippen LogP contribution in [0, 0.1) is 0 Å². The van der Waals surface area contributed by atoms with Gasteiger partial charge in [0.15, 0.2) is 0 Å². The van der Waals surface area contributed by atoms with Gasteiger partial charge in [-0.25, -0.2) is 0 Å². The van der Waals surface area contributed by atoms with Gasteiger partial charge < -0.3 is 14.5 Å². The minimum absolute atomic E-state index is 0.0268. The summed E-state index contributed by atoms with van der Waals surface area (Å²) in [5.41, 5.74) is 2.07. The molecule has 1 aliphatic heterocycles. The summed E-state index contributed by atoms with van der Waals surface area (Å²) in [6, 6.07) is 21.1. The highest BCUT2D eigenvalue weighted by molar-refractivity contribution is 7.10. The van der Waals surface area contributed by atoms with Crippen LogP contribution >= 0.6 is 11.3 Å². The zero-order valence-corrected chi connectivity index (χ0v) is 19.4. The van der Waals surface area contributed by atoms with Crippen LogP contribution in [0.1, 0.15) is 22.0 Å². The van der Waals surface area contributed by atoms with Crippen LogP contribution in [0.2, 0.25) is 0 Å². The van der Waals surface area contributed by atoms with Gasteiger partial charge in [0, 0.05) is 18.0 Å². The Balaban J connectivity index is 1.47. The van der Waals surface area contributed by atoms with E-state index in [0.29, 0.717) is 19.7 Å². The van der Waals surface area contributed by atoms with E-state index >= 15 is 0 Å². The highest BCUT2D eigenvalue weighted by atomic mass is 32.1. The van der Waals surface area contributed by atoms with Crippen molar-refractivity contribution in [2.45, 2.75) is 18.9 Å². The largest absolute Gasteiger partial charge is 0.491 e. The van der Waals surface area contributed by atoms with Crippen LogP contribution < -0.4 is 4.74 Å². The first kappa shape index (κ1) is 22.8. The number of carbonyl (C=O) groups excluding carboxylic acids is 2. The first-order valence-electron chi connectivity index (χ1n) is 11.1. The predicted molar refractivity (Wildman–Crippen MR) is 131 cm³/mol. The molecule has 2 amide bonds. The van der Waals surface area contributed by atoms with Gasteiger partial charge in [0.2, 0.25) is 11.8 Å². The molecule has 0 aliphatic carbocycles. The number of nitrogens with zero attached hydrogens (tertiary/aromatic N) is 2. The lowest BCUT2D eigenvalue weighted by molar-refractivity contribution is -0.142. The van der Waals surface area contributed by atoms with Crippen molar-refractivity contribution in [3.05, 3.63) is 101 Å².